The number of likely N-dealkylation sites (N-methyl/N-ethyl adjacent to an activating group) is 1. The monoisotopic (exact) mass is 343 g/mol. The van der Waals surface area contributed by atoms with Crippen molar-refractivity contribution in [1.82, 2.24) is 4.90 Å². The highest BCUT2D eigenvalue weighted by atomic mass is 16.5. The van der Waals surface area contributed by atoms with Gasteiger partial charge in [0.05, 0.1) is 0 Å². The number of aromatic hydroxyl groups is 1. The van der Waals surface area contributed by atoms with Gasteiger partial charge in [-0.1, -0.05) is 12.2 Å². The van der Waals surface area contributed by atoms with Gasteiger partial charge in [-0.3, -0.25) is 0 Å². The van der Waals surface area contributed by atoms with E-state index in [-0.39, 0.29) is 23.9 Å². The van der Waals surface area contributed by atoms with E-state index in [0.29, 0.717) is 24.1 Å². The highest BCUT2D eigenvalue weighted by Crippen LogP contribution is 2.62. The van der Waals surface area contributed by atoms with Crippen LogP contribution in [0, 0.1) is 5.92 Å². The van der Waals surface area contributed by atoms with Gasteiger partial charge in [-0.2, -0.15) is 0 Å². The predicted octanol–water partition coefficient (Wildman–Crippen LogP) is 1.12. The van der Waals surface area contributed by atoms with E-state index >= 15 is 0 Å². The van der Waals surface area contributed by atoms with Crippen molar-refractivity contribution in [3.05, 3.63) is 34.9 Å². The van der Waals surface area contributed by atoms with Gasteiger partial charge in [0.1, 0.15) is 12.2 Å². The molecule has 5 rings (SSSR count). The fourth-order valence-corrected chi connectivity index (χ4v) is 5.89. The van der Waals surface area contributed by atoms with Crippen LogP contribution in [0.3, 0.4) is 0 Å². The molecule has 4 aliphatic rings. The second-order valence-corrected chi connectivity index (χ2v) is 8.05. The molecule has 5 nitrogen and oxygen atoms in total. The highest BCUT2D eigenvalue weighted by Gasteiger charge is 2.64. The second kappa shape index (κ2) is 5.22. The topological polar surface area (TPSA) is 73.2 Å². The molecule has 25 heavy (non-hydrogen) atoms. The van der Waals surface area contributed by atoms with Gasteiger partial charge in [0.2, 0.25) is 0 Å². The van der Waals surface area contributed by atoms with Crippen LogP contribution in [0.25, 0.3) is 0 Å². The number of piperidine rings is 1. The number of hydrogen-bond acceptors (Lipinski definition) is 5. The third kappa shape index (κ3) is 1.84. The molecule has 2 heterocycles. The van der Waals surface area contributed by atoms with E-state index in [1.807, 2.05) is 12.1 Å². The Labute approximate surface area is 147 Å². The van der Waals surface area contributed by atoms with Crippen molar-refractivity contribution in [3.8, 4) is 11.5 Å². The maximum Gasteiger partial charge on any atom is 0.165 e. The Bertz CT molecular complexity index is 761. The summed E-state index contributed by atoms with van der Waals surface area (Å²) in [7, 11) is 2.18. The number of benzene rings is 1. The number of rotatable bonds is 3. The van der Waals surface area contributed by atoms with Crippen LogP contribution in [0.5, 0.6) is 11.5 Å². The standard InChI is InChI=1S/C20H25NO4/c1-21-7-6-20-13-4-5-15(23)19(20)25-18-16(24)9-11(3-2-8-22)12(17(18)20)10-14(13)21/h4-5,9,13-15,19,22-24H,2-3,6-8,10H2,1H3/t13-,14+,15-,19-,20-/m0/s1. The van der Waals surface area contributed by atoms with Crippen molar-refractivity contribution >= 4 is 0 Å². The third-order valence-corrected chi connectivity index (χ3v) is 6.98. The minimum absolute atomic E-state index is 0.148. The maximum absolute atomic E-state index is 10.6. The lowest BCUT2D eigenvalue weighted by atomic mass is 9.53. The van der Waals surface area contributed by atoms with E-state index in [4.69, 9.17) is 4.74 Å². The molecule has 1 aromatic rings. The lowest BCUT2D eigenvalue weighted by Gasteiger charge is -2.56. The molecular weight excluding hydrogens is 318 g/mol. The first-order valence-corrected chi connectivity index (χ1v) is 9.30. The van der Waals surface area contributed by atoms with Crippen molar-refractivity contribution in [2.75, 3.05) is 20.2 Å². The fourth-order valence-electron chi connectivity index (χ4n) is 5.89. The molecule has 0 radical (unpaired) electrons. The van der Waals surface area contributed by atoms with Crippen LogP contribution in [-0.2, 0) is 18.3 Å². The van der Waals surface area contributed by atoms with Crippen molar-refractivity contribution in [2.24, 2.45) is 5.92 Å². The average Bonchev–Trinajstić information content (AvgIpc) is 2.95. The van der Waals surface area contributed by atoms with Gasteiger partial charge in [0.25, 0.3) is 0 Å². The van der Waals surface area contributed by atoms with E-state index in [2.05, 4.69) is 18.0 Å². The molecule has 0 amide bonds. The summed E-state index contributed by atoms with van der Waals surface area (Å²) < 4.78 is 6.20. The third-order valence-electron chi connectivity index (χ3n) is 6.98. The zero-order valence-corrected chi connectivity index (χ0v) is 14.5. The van der Waals surface area contributed by atoms with Crippen LogP contribution in [0.15, 0.2) is 18.2 Å². The van der Waals surface area contributed by atoms with Gasteiger partial charge < -0.3 is 25.0 Å². The van der Waals surface area contributed by atoms with Crippen LogP contribution >= 0.6 is 0 Å². The zero-order chi connectivity index (χ0) is 17.3. The fraction of sp³-hybridized carbons (Fsp3) is 0.600. The Morgan fingerprint density at radius 3 is 3.00 bits per heavy atom. The summed E-state index contributed by atoms with van der Waals surface area (Å²) in [4.78, 5) is 2.43. The molecule has 2 aliphatic carbocycles. The predicted molar refractivity (Wildman–Crippen MR) is 93.0 cm³/mol. The Morgan fingerprint density at radius 2 is 2.20 bits per heavy atom. The van der Waals surface area contributed by atoms with Gasteiger partial charge >= 0.3 is 0 Å². The molecule has 5 heteroatoms. The van der Waals surface area contributed by atoms with E-state index in [0.717, 1.165) is 36.9 Å². The smallest absolute Gasteiger partial charge is 0.165 e. The van der Waals surface area contributed by atoms with E-state index in [9.17, 15) is 15.3 Å². The molecule has 0 saturated carbocycles. The van der Waals surface area contributed by atoms with Crippen molar-refractivity contribution < 1.29 is 20.1 Å². The van der Waals surface area contributed by atoms with Gasteiger partial charge in [-0.15, -0.1) is 0 Å². The van der Waals surface area contributed by atoms with E-state index in [1.54, 1.807) is 0 Å². The van der Waals surface area contributed by atoms with Crippen LogP contribution in [-0.4, -0.2) is 58.7 Å². The Hall–Kier alpha value is -1.56. The number of aryl methyl sites for hydroxylation is 1. The molecule has 0 unspecified atom stereocenters. The van der Waals surface area contributed by atoms with Gasteiger partial charge in [-0.25, -0.2) is 0 Å². The van der Waals surface area contributed by atoms with Crippen molar-refractivity contribution in [3.63, 3.8) is 0 Å². The minimum Gasteiger partial charge on any atom is -0.504 e. The van der Waals surface area contributed by atoms with Crippen molar-refractivity contribution in [1.29, 1.82) is 0 Å². The van der Waals surface area contributed by atoms with Crippen LogP contribution in [0.2, 0.25) is 0 Å². The van der Waals surface area contributed by atoms with E-state index in [1.165, 1.54) is 5.56 Å². The summed E-state index contributed by atoms with van der Waals surface area (Å²) in [5, 5.41) is 30.5. The lowest BCUT2D eigenvalue weighted by Crippen LogP contribution is -2.64. The molecule has 1 saturated heterocycles. The quantitative estimate of drug-likeness (QED) is 0.718. The summed E-state index contributed by atoms with van der Waals surface area (Å²) in [5.74, 6) is 1.07. The molecule has 3 N–H and O–H groups in total. The average molecular weight is 343 g/mol. The van der Waals surface area contributed by atoms with E-state index < -0.39 is 6.10 Å². The number of likely N-dealkylation sites (tertiary alicyclic amines) is 1. The number of aliphatic hydroxyl groups is 2. The Kier molecular flexibility index (Phi) is 3.28. The first-order chi connectivity index (χ1) is 12.1. The molecule has 2 aliphatic heterocycles. The van der Waals surface area contributed by atoms with Gasteiger partial charge in [-0.05, 0) is 56.5 Å². The van der Waals surface area contributed by atoms with Crippen molar-refractivity contribution in [2.45, 2.75) is 49.3 Å². The molecular formula is C20H25NO4. The lowest BCUT2D eigenvalue weighted by molar-refractivity contribution is -0.0454. The minimum atomic E-state index is -0.640. The molecule has 134 valence electrons. The largest absolute Gasteiger partial charge is 0.504 e. The molecule has 2 bridgehead atoms. The number of phenols is 1. The van der Waals surface area contributed by atoms with Gasteiger partial charge in [0, 0.05) is 29.5 Å². The molecule has 1 spiro atoms. The van der Waals surface area contributed by atoms with Crippen LogP contribution in [0.4, 0.5) is 0 Å². The normalized spacial score (nSPS) is 37.7. The number of hydrogen-bond donors (Lipinski definition) is 3. The maximum atomic E-state index is 10.6. The molecule has 0 aromatic heterocycles. The number of ether oxygens (including phenoxy) is 1. The van der Waals surface area contributed by atoms with Crippen LogP contribution < -0.4 is 4.74 Å². The van der Waals surface area contributed by atoms with Gasteiger partial charge in [0.15, 0.2) is 11.5 Å². The number of phenolic OH excluding ortho intramolecular Hbond substituents is 1. The Morgan fingerprint density at radius 1 is 1.36 bits per heavy atom. The highest BCUT2D eigenvalue weighted by molar-refractivity contribution is 5.64. The Balaban J connectivity index is 1.77. The summed E-state index contributed by atoms with van der Waals surface area (Å²) >= 11 is 0. The molecule has 1 fully saturated rings. The summed E-state index contributed by atoms with van der Waals surface area (Å²) in [6.45, 7) is 1.12. The number of aliphatic hydroxyl groups excluding tert-OH is 2. The SMILES string of the molecule is CN1CC[C@]23c4c5c(CCCO)cc(O)c4O[C@H]2[C@@H](O)C=C[C@H]3[C@H]1C5. The molecule has 5 atom stereocenters. The summed E-state index contributed by atoms with van der Waals surface area (Å²) in [5.41, 5.74) is 3.31. The zero-order valence-electron chi connectivity index (χ0n) is 14.5. The second-order valence-electron chi connectivity index (χ2n) is 8.05. The summed E-state index contributed by atoms with van der Waals surface area (Å²) in [6.07, 6.45) is 6.41. The molecule has 1 aromatic carbocycles. The number of nitrogens with zero attached hydrogens (tertiary/aromatic N) is 1. The first-order valence-electron chi connectivity index (χ1n) is 9.30. The summed E-state index contributed by atoms with van der Waals surface area (Å²) in [6, 6.07) is 2.20. The van der Waals surface area contributed by atoms with Crippen LogP contribution in [0.1, 0.15) is 29.5 Å². The first kappa shape index (κ1) is 15.7.